The van der Waals surface area contributed by atoms with Crippen LogP contribution in [0.2, 0.25) is 0 Å². The third kappa shape index (κ3) is 5.37. The largest absolute Gasteiger partial charge is 0.496 e. The minimum Gasteiger partial charge on any atom is -0.496 e. The molecule has 31 heavy (non-hydrogen) atoms. The average molecular weight is 449 g/mol. The molecule has 11 heteroatoms. The third-order valence-corrected chi connectivity index (χ3v) is 6.60. The van der Waals surface area contributed by atoms with Crippen molar-refractivity contribution in [1.29, 1.82) is 0 Å². The summed E-state index contributed by atoms with van der Waals surface area (Å²) in [6, 6.07) is 9.79. The Bertz CT molecular complexity index is 1040. The van der Waals surface area contributed by atoms with Gasteiger partial charge in [0.25, 0.3) is 0 Å². The number of amides is 2. The van der Waals surface area contributed by atoms with E-state index in [2.05, 4.69) is 15.6 Å². The van der Waals surface area contributed by atoms with Gasteiger partial charge in [-0.15, -0.1) is 0 Å². The van der Waals surface area contributed by atoms with Gasteiger partial charge in [-0.05, 0) is 42.8 Å². The molecule has 2 aromatic rings. The lowest BCUT2D eigenvalue weighted by atomic mass is 10.2. The highest BCUT2D eigenvalue weighted by molar-refractivity contribution is 7.89. The Balaban J connectivity index is 1.59. The van der Waals surface area contributed by atoms with Gasteiger partial charge in [-0.3, -0.25) is 14.6 Å². The summed E-state index contributed by atoms with van der Waals surface area (Å²) >= 11 is 0. The van der Waals surface area contributed by atoms with E-state index in [1.165, 1.54) is 23.5 Å². The van der Waals surface area contributed by atoms with Crippen LogP contribution in [-0.4, -0.2) is 62.6 Å². The summed E-state index contributed by atoms with van der Waals surface area (Å²) in [5.41, 5.74) is 1.29. The molecule has 1 fully saturated rings. The summed E-state index contributed by atoms with van der Waals surface area (Å²) in [4.78, 5) is 28.2. The van der Waals surface area contributed by atoms with Gasteiger partial charge in [0, 0.05) is 12.7 Å². The van der Waals surface area contributed by atoms with E-state index < -0.39 is 28.1 Å². The summed E-state index contributed by atoms with van der Waals surface area (Å²) in [7, 11) is -2.35. The summed E-state index contributed by atoms with van der Waals surface area (Å²) in [5.74, 6) is -1.15. The SMILES string of the molecule is COc1ccc(S(=O)(=O)N2CCO[C@H]2CNC(=O)C(=O)NCc2ccccn2)cc1C. The van der Waals surface area contributed by atoms with E-state index in [9.17, 15) is 18.0 Å². The first kappa shape index (κ1) is 22.7. The fourth-order valence-electron chi connectivity index (χ4n) is 3.10. The number of methoxy groups -OCH3 is 1. The van der Waals surface area contributed by atoms with Gasteiger partial charge >= 0.3 is 11.8 Å². The second kappa shape index (κ2) is 9.86. The van der Waals surface area contributed by atoms with Crippen molar-refractivity contribution in [2.75, 3.05) is 26.8 Å². The maximum Gasteiger partial charge on any atom is 0.309 e. The summed E-state index contributed by atoms with van der Waals surface area (Å²) in [6.07, 6.45) is 0.665. The van der Waals surface area contributed by atoms with Crippen LogP contribution in [0.25, 0.3) is 0 Å². The number of carbonyl (C=O) groups excluding carboxylic acids is 2. The molecule has 0 saturated carbocycles. The summed E-state index contributed by atoms with van der Waals surface area (Å²) in [5, 5.41) is 4.88. The molecule has 166 valence electrons. The molecule has 3 rings (SSSR count). The second-order valence-electron chi connectivity index (χ2n) is 6.79. The number of carbonyl (C=O) groups is 2. The number of rotatable bonds is 7. The van der Waals surface area contributed by atoms with E-state index >= 15 is 0 Å². The molecule has 1 aliphatic heterocycles. The molecule has 1 aromatic carbocycles. The average Bonchev–Trinajstić information content (AvgIpc) is 3.26. The molecule has 2 N–H and O–H groups in total. The van der Waals surface area contributed by atoms with E-state index in [1.807, 2.05) is 0 Å². The number of ether oxygens (including phenoxy) is 2. The molecule has 0 unspecified atom stereocenters. The molecule has 0 radical (unpaired) electrons. The van der Waals surface area contributed by atoms with Crippen LogP contribution in [0.1, 0.15) is 11.3 Å². The van der Waals surface area contributed by atoms with Crippen molar-refractivity contribution in [1.82, 2.24) is 19.9 Å². The van der Waals surface area contributed by atoms with E-state index in [0.29, 0.717) is 17.0 Å². The molecular formula is C20H24N4O6S. The normalized spacial score (nSPS) is 16.6. The van der Waals surface area contributed by atoms with Crippen LogP contribution >= 0.6 is 0 Å². The topological polar surface area (TPSA) is 127 Å². The van der Waals surface area contributed by atoms with E-state index in [4.69, 9.17) is 9.47 Å². The Morgan fingerprint density at radius 2 is 2.00 bits per heavy atom. The number of hydrogen-bond acceptors (Lipinski definition) is 7. The predicted octanol–water partition coefficient (Wildman–Crippen LogP) is 0.178. The Hall–Kier alpha value is -3.02. The van der Waals surface area contributed by atoms with E-state index in [-0.39, 0.29) is 31.1 Å². The molecule has 10 nitrogen and oxygen atoms in total. The van der Waals surface area contributed by atoms with Crippen molar-refractivity contribution in [3.8, 4) is 5.75 Å². The zero-order valence-electron chi connectivity index (χ0n) is 17.2. The minimum atomic E-state index is -3.86. The number of hydrogen-bond donors (Lipinski definition) is 2. The minimum absolute atomic E-state index is 0.0979. The number of sulfonamides is 1. The van der Waals surface area contributed by atoms with Crippen molar-refractivity contribution < 1.29 is 27.5 Å². The lowest BCUT2D eigenvalue weighted by Crippen LogP contribution is -2.47. The summed E-state index contributed by atoms with van der Waals surface area (Å²) < 4.78 is 37.9. The smallest absolute Gasteiger partial charge is 0.309 e. The van der Waals surface area contributed by atoms with Crippen LogP contribution in [0.4, 0.5) is 0 Å². The highest BCUT2D eigenvalue weighted by atomic mass is 32.2. The van der Waals surface area contributed by atoms with Gasteiger partial charge in [0.2, 0.25) is 10.0 Å². The van der Waals surface area contributed by atoms with Gasteiger partial charge in [0.05, 0.1) is 37.4 Å². The Kier molecular flexibility index (Phi) is 7.21. The van der Waals surface area contributed by atoms with Gasteiger partial charge in [0.15, 0.2) is 0 Å². The molecular weight excluding hydrogens is 424 g/mol. The molecule has 0 spiro atoms. The zero-order valence-corrected chi connectivity index (χ0v) is 18.0. The molecule has 1 aromatic heterocycles. The van der Waals surface area contributed by atoms with Gasteiger partial charge in [0.1, 0.15) is 12.0 Å². The first-order chi connectivity index (χ1) is 14.8. The molecule has 1 saturated heterocycles. The Morgan fingerprint density at radius 3 is 2.68 bits per heavy atom. The Morgan fingerprint density at radius 1 is 1.23 bits per heavy atom. The standard InChI is InChI=1S/C20H24N4O6S/c1-14-11-16(6-7-17(14)29-2)31(27,28)24-9-10-30-18(24)13-23-20(26)19(25)22-12-15-5-3-4-8-21-15/h3-8,11,18H,9-10,12-13H2,1-2H3,(H,22,25)(H,23,26)/t18-/m0/s1. The molecule has 2 heterocycles. The number of aryl methyl sites for hydroxylation is 1. The van der Waals surface area contributed by atoms with E-state index in [1.54, 1.807) is 37.4 Å². The molecule has 0 bridgehead atoms. The summed E-state index contributed by atoms with van der Waals surface area (Å²) in [6.45, 7) is 2.01. The molecule has 1 aliphatic rings. The van der Waals surface area contributed by atoms with Crippen molar-refractivity contribution in [2.45, 2.75) is 24.6 Å². The maximum atomic E-state index is 13.0. The van der Waals surface area contributed by atoms with Crippen molar-refractivity contribution in [3.63, 3.8) is 0 Å². The van der Waals surface area contributed by atoms with Gasteiger partial charge < -0.3 is 20.1 Å². The van der Waals surface area contributed by atoms with Crippen LogP contribution in [0, 0.1) is 6.92 Å². The molecule has 2 amide bonds. The molecule has 1 atom stereocenters. The number of aromatic nitrogens is 1. The lowest BCUT2D eigenvalue weighted by Gasteiger charge is -2.23. The van der Waals surface area contributed by atoms with Crippen molar-refractivity contribution >= 4 is 21.8 Å². The fourth-order valence-corrected chi connectivity index (χ4v) is 4.70. The lowest BCUT2D eigenvalue weighted by molar-refractivity contribution is -0.139. The van der Waals surface area contributed by atoms with Gasteiger partial charge in [-0.1, -0.05) is 6.07 Å². The van der Waals surface area contributed by atoms with Gasteiger partial charge in [-0.25, -0.2) is 8.42 Å². The van der Waals surface area contributed by atoms with Crippen LogP contribution in [-0.2, 0) is 30.9 Å². The van der Waals surface area contributed by atoms with Crippen molar-refractivity contribution in [3.05, 3.63) is 53.9 Å². The second-order valence-corrected chi connectivity index (χ2v) is 8.68. The monoisotopic (exact) mass is 448 g/mol. The van der Waals surface area contributed by atoms with Crippen LogP contribution in [0.5, 0.6) is 5.75 Å². The first-order valence-corrected chi connectivity index (χ1v) is 11.0. The van der Waals surface area contributed by atoms with Crippen LogP contribution < -0.4 is 15.4 Å². The number of benzene rings is 1. The predicted molar refractivity (Wildman–Crippen MR) is 110 cm³/mol. The third-order valence-electron chi connectivity index (χ3n) is 4.72. The number of nitrogens with zero attached hydrogens (tertiary/aromatic N) is 2. The maximum absolute atomic E-state index is 13.0. The van der Waals surface area contributed by atoms with Crippen LogP contribution in [0.3, 0.4) is 0 Å². The quantitative estimate of drug-likeness (QED) is 0.579. The zero-order chi connectivity index (χ0) is 22.4. The number of pyridine rings is 1. The molecule has 0 aliphatic carbocycles. The first-order valence-electron chi connectivity index (χ1n) is 9.57. The van der Waals surface area contributed by atoms with E-state index in [0.717, 1.165) is 0 Å². The highest BCUT2D eigenvalue weighted by Gasteiger charge is 2.37. The Labute approximate surface area is 180 Å². The van der Waals surface area contributed by atoms with Crippen molar-refractivity contribution in [2.24, 2.45) is 0 Å². The number of nitrogens with one attached hydrogen (secondary N) is 2. The fraction of sp³-hybridized carbons (Fsp3) is 0.350. The van der Waals surface area contributed by atoms with Crippen LogP contribution in [0.15, 0.2) is 47.5 Å². The van der Waals surface area contributed by atoms with Gasteiger partial charge in [-0.2, -0.15) is 4.31 Å². The highest BCUT2D eigenvalue weighted by Crippen LogP contribution is 2.26.